The zero-order valence-corrected chi connectivity index (χ0v) is 11.1. The van der Waals surface area contributed by atoms with E-state index in [4.69, 9.17) is 10.8 Å². The van der Waals surface area contributed by atoms with Crippen LogP contribution in [0.2, 0.25) is 0 Å². The smallest absolute Gasteiger partial charge is 0.324 e. The van der Waals surface area contributed by atoms with Crippen LogP contribution in [0.3, 0.4) is 0 Å². The lowest BCUT2D eigenvalue weighted by Crippen LogP contribution is -2.55. The van der Waals surface area contributed by atoms with Gasteiger partial charge in [-0.1, -0.05) is 0 Å². The molecule has 0 spiro atoms. The first-order chi connectivity index (χ1) is 7.81. The number of nitrogens with zero attached hydrogens (tertiary/aromatic N) is 2. The summed E-state index contributed by atoms with van der Waals surface area (Å²) in [6, 6.07) is 0. The molecule has 0 aromatic heterocycles. The molecular formula is C12H25N3O2. The van der Waals surface area contributed by atoms with Gasteiger partial charge in [-0.3, -0.25) is 4.79 Å². The summed E-state index contributed by atoms with van der Waals surface area (Å²) in [5.41, 5.74) is 4.63. The van der Waals surface area contributed by atoms with Crippen molar-refractivity contribution in [1.29, 1.82) is 0 Å². The van der Waals surface area contributed by atoms with E-state index in [0.29, 0.717) is 6.54 Å². The van der Waals surface area contributed by atoms with Gasteiger partial charge in [-0.15, -0.1) is 0 Å². The highest BCUT2D eigenvalue weighted by Gasteiger charge is 2.32. The molecule has 1 aliphatic heterocycles. The molecule has 0 saturated carbocycles. The maximum Gasteiger partial charge on any atom is 0.324 e. The topological polar surface area (TPSA) is 69.8 Å². The first kappa shape index (κ1) is 14.4. The Morgan fingerprint density at radius 3 is 2.41 bits per heavy atom. The minimum absolute atomic E-state index is 0.441. The lowest BCUT2D eigenvalue weighted by Gasteiger charge is -2.36. The Balaban J connectivity index is 2.35. The van der Waals surface area contributed by atoms with Gasteiger partial charge in [0.15, 0.2) is 0 Å². The molecule has 100 valence electrons. The summed E-state index contributed by atoms with van der Waals surface area (Å²) in [5, 5.41) is 8.98. The second kappa shape index (κ2) is 5.80. The molecule has 0 bridgehead atoms. The Hall–Kier alpha value is -0.650. The quantitative estimate of drug-likeness (QED) is 0.714. The third-order valence-corrected chi connectivity index (χ3v) is 3.37. The summed E-state index contributed by atoms with van der Waals surface area (Å²) < 4.78 is 0. The van der Waals surface area contributed by atoms with Crippen molar-refractivity contribution in [3.8, 4) is 0 Å². The van der Waals surface area contributed by atoms with Gasteiger partial charge < -0.3 is 20.6 Å². The molecule has 0 aliphatic carbocycles. The fourth-order valence-electron chi connectivity index (χ4n) is 2.38. The van der Waals surface area contributed by atoms with Crippen LogP contribution in [0.5, 0.6) is 0 Å². The number of carboxylic acid groups (broad SMARTS) is 1. The number of likely N-dealkylation sites (tertiary alicyclic amines) is 1. The van der Waals surface area contributed by atoms with Crippen LogP contribution in [0.25, 0.3) is 0 Å². The maximum absolute atomic E-state index is 10.9. The van der Waals surface area contributed by atoms with E-state index in [1.807, 2.05) is 0 Å². The highest BCUT2D eigenvalue weighted by atomic mass is 16.4. The van der Waals surface area contributed by atoms with Gasteiger partial charge in [0, 0.05) is 13.1 Å². The number of rotatable bonds is 5. The number of hydrogen-bond acceptors (Lipinski definition) is 4. The lowest BCUT2D eigenvalue weighted by atomic mass is 9.94. The second-order valence-corrected chi connectivity index (χ2v) is 5.70. The molecule has 1 rings (SSSR count). The normalized spacial score (nSPS) is 22.6. The van der Waals surface area contributed by atoms with Crippen molar-refractivity contribution in [2.45, 2.75) is 25.3 Å². The molecule has 1 unspecified atom stereocenters. The molecule has 5 nitrogen and oxygen atoms in total. The van der Waals surface area contributed by atoms with Crippen LogP contribution in [0, 0.1) is 5.92 Å². The minimum Gasteiger partial charge on any atom is -0.480 e. The highest BCUT2D eigenvalue weighted by molar-refractivity contribution is 5.78. The third-order valence-electron chi connectivity index (χ3n) is 3.37. The van der Waals surface area contributed by atoms with Gasteiger partial charge in [0.2, 0.25) is 0 Å². The Kier molecular flexibility index (Phi) is 4.91. The van der Waals surface area contributed by atoms with Crippen LogP contribution >= 0.6 is 0 Å². The van der Waals surface area contributed by atoms with Crippen LogP contribution in [0.1, 0.15) is 19.8 Å². The SMILES string of the molecule is CN(C)CC1CCN(CC(C)(N)C(=O)O)CC1. The van der Waals surface area contributed by atoms with E-state index in [1.165, 1.54) is 0 Å². The average Bonchev–Trinajstić information content (AvgIpc) is 2.19. The van der Waals surface area contributed by atoms with Crippen LogP contribution < -0.4 is 5.73 Å². The number of carboxylic acids is 1. The van der Waals surface area contributed by atoms with Crippen LogP contribution in [-0.4, -0.2) is 66.7 Å². The van der Waals surface area contributed by atoms with Crippen molar-refractivity contribution in [2.75, 3.05) is 40.3 Å². The third kappa shape index (κ3) is 4.61. The maximum atomic E-state index is 10.9. The summed E-state index contributed by atoms with van der Waals surface area (Å²) in [5.74, 6) is -0.192. The van der Waals surface area contributed by atoms with E-state index < -0.39 is 11.5 Å². The number of nitrogens with two attached hydrogens (primary N) is 1. The standard InChI is InChI=1S/C12H25N3O2/c1-12(13,11(16)17)9-15-6-4-10(5-7-15)8-14(2)3/h10H,4-9,13H2,1-3H3,(H,16,17). The fraction of sp³-hybridized carbons (Fsp3) is 0.917. The summed E-state index contributed by atoms with van der Waals surface area (Å²) in [6.07, 6.45) is 2.27. The summed E-state index contributed by atoms with van der Waals surface area (Å²) in [4.78, 5) is 15.3. The molecule has 1 aliphatic rings. The molecule has 1 atom stereocenters. The molecule has 5 heteroatoms. The summed E-state index contributed by atoms with van der Waals surface area (Å²) >= 11 is 0. The molecule has 0 amide bonds. The summed E-state index contributed by atoms with van der Waals surface area (Å²) in [6.45, 7) is 5.06. The van der Waals surface area contributed by atoms with Gasteiger partial charge in [-0.25, -0.2) is 0 Å². The number of piperidine rings is 1. The zero-order valence-electron chi connectivity index (χ0n) is 11.1. The number of hydrogen-bond donors (Lipinski definition) is 2. The van der Waals surface area contributed by atoms with Gasteiger partial charge >= 0.3 is 5.97 Å². The van der Waals surface area contributed by atoms with Gasteiger partial charge in [-0.2, -0.15) is 0 Å². The Morgan fingerprint density at radius 2 is 2.00 bits per heavy atom. The highest BCUT2D eigenvalue weighted by Crippen LogP contribution is 2.19. The largest absolute Gasteiger partial charge is 0.480 e. The predicted molar refractivity (Wildman–Crippen MR) is 67.9 cm³/mol. The molecule has 1 fully saturated rings. The molecule has 17 heavy (non-hydrogen) atoms. The van der Waals surface area contributed by atoms with E-state index in [1.54, 1.807) is 6.92 Å². The Morgan fingerprint density at radius 1 is 1.47 bits per heavy atom. The van der Waals surface area contributed by atoms with E-state index >= 15 is 0 Å². The van der Waals surface area contributed by atoms with E-state index in [2.05, 4.69) is 23.9 Å². The van der Waals surface area contributed by atoms with Crippen molar-refractivity contribution >= 4 is 5.97 Å². The van der Waals surface area contributed by atoms with E-state index in [0.717, 1.165) is 38.4 Å². The first-order valence-electron chi connectivity index (χ1n) is 6.20. The Labute approximate surface area is 104 Å². The van der Waals surface area contributed by atoms with Crippen LogP contribution in [-0.2, 0) is 4.79 Å². The van der Waals surface area contributed by atoms with Crippen molar-refractivity contribution in [3.63, 3.8) is 0 Å². The zero-order chi connectivity index (χ0) is 13.1. The number of aliphatic carboxylic acids is 1. The second-order valence-electron chi connectivity index (χ2n) is 5.70. The van der Waals surface area contributed by atoms with Gasteiger partial charge in [0.05, 0.1) is 0 Å². The van der Waals surface area contributed by atoms with Crippen molar-refractivity contribution in [2.24, 2.45) is 11.7 Å². The molecule has 0 aromatic rings. The van der Waals surface area contributed by atoms with Crippen molar-refractivity contribution < 1.29 is 9.90 Å². The fourth-order valence-corrected chi connectivity index (χ4v) is 2.38. The molecule has 0 aromatic carbocycles. The minimum atomic E-state index is -1.13. The van der Waals surface area contributed by atoms with Crippen molar-refractivity contribution in [1.82, 2.24) is 9.80 Å². The number of carbonyl (C=O) groups is 1. The van der Waals surface area contributed by atoms with Gasteiger partial charge in [0.25, 0.3) is 0 Å². The summed E-state index contributed by atoms with van der Waals surface area (Å²) in [7, 11) is 4.18. The Bertz CT molecular complexity index is 258. The van der Waals surface area contributed by atoms with Gasteiger partial charge in [0.1, 0.15) is 5.54 Å². The average molecular weight is 243 g/mol. The molecule has 0 radical (unpaired) electrons. The molecule has 1 heterocycles. The molecule has 1 saturated heterocycles. The van der Waals surface area contributed by atoms with E-state index in [-0.39, 0.29) is 0 Å². The molecule has 3 N–H and O–H groups in total. The lowest BCUT2D eigenvalue weighted by molar-refractivity contribution is -0.143. The van der Waals surface area contributed by atoms with Gasteiger partial charge in [-0.05, 0) is 52.9 Å². The van der Waals surface area contributed by atoms with Crippen LogP contribution in [0.15, 0.2) is 0 Å². The van der Waals surface area contributed by atoms with E-state index in [9.17, 15) is 4.79 Å². The molecular weight excluding hydrogens is 218 g/mol. The first-order valence-corrected chi connectivity index (χ1v) is 6.20. The monoisotopic (exact) mass is 243 g/mol. The predicted octanol–water partition coefficient (Wildman–Crippen LogP) is 0.0620. The van der Waals surface area contributed by atoms with Crippen LogP contribution in [0.4, 0.5) is 0 Å². The van der Waals surface area contributed by atoms with Crippen molar-refractivity contribution in [3.05, 3.63) is 0 Å².